The lowest BCUT2D eigenvalue weighted by Gasteiger charge is -2.12. The van der Waals surface area contributed by atoms with Crippen LogP contribution in [0.1, 0.15) is 31.7 Å². The van der Waals surface area contributed by atoms with Gasteiger partial charge in [-0.3, -0.25) is 4.79 Å². The lowest BCUT2D eigenvalue weighted by molar-refractivity contribution is -0.120. The number of hydrogen-bond acceptors (Lipinski definition) is 6. The third-order valence-corrected chi connectivity index (χ3v) is 3.02. The maximum Gasteiger partial charge on any atom is 0.221 e. The monoisotopic (exact) mass is 264 g/mol. The zero-order valence-corrected chi connectivity index (χ0v) is 11.1. The highest BCUT2D eigenvalue weighted by atomic mass is 16.1. The number of rotatable bonds is 7. The largest absolute Gasteiger partial charge is 0.369 e. The fourth-order valence-electron chi connectivity index (χ4n) is 1.85. The number of hydrazine groups is 1. The van der Waals surface area contributed by atoms with Crippen LogP contribution < -0.4 is 21.9 Å². The number of nitrogen functional groups attached to an aromatic ring is 1. The van der Waals surface area contributed by atoms with Crippen LogP contribution >= 0.6 is 0 Å². The van der Waals surface area contributed by atoms with Gasteiger partial charge in [-0.25, -0.2) is 15.8 Å². The van der Waals surface area contributed by atoms with Gasteiger partial charge in [0.1, 0.15) is 18.0 Å². The zero-order valence-electron chi connectivity index (χ0n) is 11.1. The van der Waals surface area contributed by atoms with Crippen LogP contribution in [0.5, 0.6) is 0 Å². The quantitative estimate of drug-likeness (QED) is 0.420. The average Bonchev–Trinajstić information content (AvgIpc) is 3.22. The minimum absolute atomic E-state index is 0.0827. The highest BCUT2D eigenvalue weighted by Crippen LogP contribution is 2.20. The first-order valence-corrected chi connectivity index (χ1v) is 6.58. The number of nitrogens with zero attached hydrogens (tertiary/aromatic N) is 2. The zero-order chi connectivity index (χ0) is 13.7. The molecule has 0 radical (unpaired) electrons. The second-order valence-electron chi connectivity index (χ2n) is 4.57. The van der Waals surface area contributed by atoms with Crippen LogP contribution in [0.4, 0.5) is 11.6 Å². The Morgan fingerprint density at radius 3 is 2.79 bits per heavy atom. The third-order valence-electron chi connectivity index (χ3n) is 3.02. The highest BCUT2D eigenvalue weighted by Gasteiger charge is 2.22. The summed E-state index contributed by atoms with van der Waals surface area (Å²) in [4.78, 5) is 19.8. The van der Waals surface area contributed by atoms with E-state index in [9.17, 15) is 4.79 Å². The predicted octanol–water partition coefficient (Wildman–Crippen LogP) is 0.405. The van der Waals surface area contributed by atoms with Gasteiger partial charge in [0.25, 0.3) is 0 Å². The summed E-state index contributed by atoms with van der Waals surface area (Å²) < 4.78 is 0. The molecule has 7 nitrogen and oxygen atoms in total. The minimum Gasteiger partial charge on any atom is -0.369 e. The van der Waals surface area contributed by atoms with Crippen LogP contribution in [0.25, 0.3) is 0 Å². The lowest BCUT2D eigenvalue weighted by Crippen LogP contribution is -2.27. The van der Waals surface area contributed by atoms with E-state index in [-0.39, 0.29) is 5.91 Å². The van der Waals surface area contributed by atoms with E-state index in [0.717, 1.165) is 30.6 Å². The van der Waals surface area contributed by atoms with E-state index in [2.05, 4.69) is 26.0 Å². The lowest BCUT2D eigenvalue weighted by atomic mass is 10.2. The molecule has 0 unspecified atom stereocenters. The molecule has 1 aromatic heterocycles. The number of anilines is 2. The second kappa shape index (κ2) is 6.33. The summed E-state index contributed by atoms with van der Waals surface area (Å²) in [5, 5.41) is 6.10. The Bertz CT molecular complexity index is 446. The van der Waals surface area contributed by atoms with Gasteiger partial charge < -0.3 is 16.1 Å². The first-order chi connectivity index (χ1) is 9.24. The van der Waals surface area contributed by atoms with Crippen molar-refractivity contribution in [2.45, 2.75) is 38.6 Å². The molecule has 2 rings (SSSR count). The van der Waals surface area contributed by atoms with Crippen LogP contribution in [0, 0.1) is 0 Å². The number of carbonyl (C=O) groups excluding carboxylic acids is 1. The maximum atomic E-state index is 11.5. The Kier molecular flexibility index (Phi) is 4.51. The fraction of sp³-hybridized carbons (Fsp3) is 0.583. The summed E-state index contributed by atoms with van der Waals surface area (Å²) in [5.41, 5.74) is 3.47. The standard InChI is InChI=1S/C12H20N6O/c1-2-9-11(15-7-16-12(9)18-13)14-6-5-10(19)17-8-3-4-8/h7-8H,2-6,13H2,1H3,(H,17,19)(H2,14,15,16,18). The molecular formula is C12H20N6O. The van der Waals surface area contributed by atoms with E-state index in [1.54, 1.807) is 0 Å². The summed E-state index contributed by atoms with van der Waals surface area (Å²) in [6.07, 6.45) is 4.86. The number of nitrogens with one attached hydrogen (secondary N) is 3. The molecule has 1 amide bonds. The van der Waals surface area contributed by atoms with Gasteiger partial charge in [0.15, 0.2) is 0 Å². The van der Waals surface area contributed by atoms with Gasteiger partial charge in [-0.05, 0) is 19.3 Å². The van der Waals surface area contributed by atoms with E-state index in [1.807, 2.05) is 6.92 Å². The molecule has 0 aliphatic heterocycles. The van der Waals surface area contributed by atoms with Crippen LogP contribution in [-0.4, -0.2) is 28.5 Å². The Morgan fingerprint density at radius 2 is 2.16 bits per heavy atom. The Labute approximate surface area is 112 Å². The third kappa shape index (κ3) is 3.78. The van der Waals surface area contributed by atoms with Crippen molar-refractivity contribution < 1.29 is 4.79 Å². The molecule has 0 aromatic carbocycles. The Balaban J connectivity index is 1.86. The normalized spacial score (nSPS) is 14.0. The molecule has 0 spiro atoms. The van der Waals surface area contributed by atoms with Crippen molar-refractivity contribution in [3.8, 4) is 0 Å². The molecule has 7 heteroatoms. The molecule has 1 saturated carbocycles. The number of amides is 1. The molecule has 0 bridgehead atoms. The van der Waals surface area contributed by atoms with Gasteiger partial charge in [-0.1, -0.05) is 6.92 Å². The molecule has 1 aliphatic rings. The highest BCUT2D eigenvalue weighted by molar-refractivity contribution is 5.77. The molecule has 5 N–H and O–H groups in total. The summed E-state index contributed by atoms with van der Waals surface area (Å²) in [6, 6.07) is 0.408. The van der Waals surface area contributed by atoms with Gasteiger partial charge in [0.2, 0.25) is 5.91 Å². The predicted molar refractivity (Wildman–Crippen MR) is 73.5 cm³/mol. The molecule has 0 saturated heterocycles. The first-order valence-electron chi connectivity index (χ1n) is 6.58. The van der Waals surface area contributed by atoms with Crippen molar-refractivity contribution in [2.75, 3.05) is 17.3 Å². The minimum atomic E-state index is 0.0827. The Morgan fingerprint density at radius 1 is 1.42 bits per heavy atom. The molecule has 1 heterocycles. The number of hydrogen-bond donors (Lipinski definition) is 4. The van der Waals surface area contributed by atoms with Crippen molar-refractivity contribution in [1.82, 2.24) is 15.3 Å². The molecule has 1 aromatic rings. The molecule has 19 heavy (non-hydrogen) atoms. The summed E-state index contributed by atoms with van der Waals surface area (Å²) in [7, 11) is 0. The van der Waals surface area contributed by atoms with Gasteiger partial charge in [-0.15, -0.1) is 0 Å². The smallest absolute Gasteiger partial charge is 0.221 e. The van der Waals surface area contributed by atoms with Crippen molar-refractivity contribution in [2.24, 2.45) is 5.84 Å². The number of carbonyl (C=O) groups is 1. The van der Waals surface area contributed by atoms with Crippen LogP contribution in [0.15, 0.2) is 6.33 Å². The topological polar surface area (TPSA) is 105 Å². The molecule has 104 valence electrons. The maximum absolute atomic E-state index is 11.5. The van der Waals surface area contributed by atoms with Gasteiger partial charge in [0.05, 0.1) is 0 Å². The SMILES string of the molecule is CCc1c(NN)ncnc1NCCC(=O)NC1CC1. The van der Waals surface area contributed by atoms with E-state index in [1.165, 1.54) is 6.33 Å². The number of aromatic nitrogens is 2. The van der Waals surface area contributed by atoms with Crippen molar-refractivity contribution in [3.63, 3.8) is 0 Å². The van der Waals surface area contributed by atoms with Crippen LogP contribution in [0.2, 0.25) is 0 Å². The van der Waals surface area contributed by atoms with Gasteiger partial charge in [0, 0.05) is 24.6 Å². The molecular weight excluding hydrogens is 244 g/mol. The summed E-state index contributed by atoms with van der Waals surface area (Å²) in [6.45, 7) is 2.55. The fourth-order valence-corrected chi connectivity index (χ4v) is 1.85. The number of nitrogens with two attached hydrogens (primary N) is 1. The van der Waals surface area contributed by atoms with E-state index < -0.39 is 0 Å². The van der Waals surface area contributed by atoms with E-state index in [0.29, 0.717) is 24.8 Å². The summed E-state index contributed by atoms with van der Waals surface area (Å²) in [5.74, 6) is 6.82. The van der Waals surface area contributed by atoms with Crippen molar-refractivity contribution in [1.29, 1.82) is 0 Å². The second-order valence-corrected chi connectivity index (χ2v) is 4.57. The van der Waals surface area contributed by atoms with Crippen molar-refractivity contribution >= 4 is 17.5 Å². The van der Waals surface area contributed by atoms with E-state index in [4.69, 9.17) is 5.84 Å². The molecule has 1 aliphatic carbocycles. The molecule has 1 fully saturated rings. The summed E-state index contributed by atoms with van der Waals surface area (Å²) >= 11 is 0. The van der Waals surface area contributed by atoms with E-state index >= 15 is 0 Å². The van der Waals surface area contributed by atoms with Crippen LogP contribution in [0.3, 0.4) is 0 Å². The molecule has 0 atom stereocenters. The van der Waals surface area contributed by atoms with Crippen LogP contribution in [-0.2, 0) is 11.2 Å². The van der Waals surface area contributed by atoms with Gasteiger partial charge in [-0.2, -0.15) is 0 Å². The van der Waals surface area contributed by atoms with Gasteiger partial charge >= 0.3 is 0 Å². The first kappa shape index (κ1) is 13.5. The average molecular weight is 264 g/mol. The Hall–Kier alpha value is -1.89. The van der Waals surface area contributed by atoms with Crippen molar-refractivity contribution in [3.05, 3.63) is 11.9 Å².